The Hall–Kier alpha value is -3.82. The number of non-ortho nitro benzene ring substituents is 1. The summed E-state index contributed by atoms with van der Waals surface area (Å²) in [6, 6.07) is 9.60. The van der Waals surface area contributed by atoms with Crippen LogP contribution in [0.25, 0.3) is 11.1 Å². The lowest BCUT2D eigenvalue weighted by Crippen LogP contribution is -2.26. The van der Waals surface area contributed by atoms with E-state index in [9.17, 15) is 19.7 Å². The highest BCUT2D eigenvalue weighted by atomic mass is 16.6. The van der Waals surface area contributed by atoms with Crippen molar-refractivity contribution in [2.75, 3.05) is 20.8 Å². The van der Waals surface area contributed by atoms with Crippen molar-refractivity contribution in [2.45, 2.75) is 25.8 Å². The van der Waals surface area contributed by atoms with Gasteiger partial charge in [0.05, 0.1) is 30.7 Å². The molecule has 0 bridgehead atoms. The average molecular weight is 429 g/mol. The van der Waals surface area contributed by atoms with Gasteiger partial charge < -0.3 is 19.2 Å². The van der Waals surface area contributed by atoms with Crippen molar-refractivity contribution in [1.82, 2.24) is 9.88 Å². The number of amides is 1. The summed E-state index contributed by atoms with van der Waals surface area (Å²) in [6.07, 6.45) is 1.29. The lowest BCUT2D eigenvalue weighted by atomic mass is 10.1. The zero-order valence-corrected chi connectivity index (χ0v) is 17.3. The van der Waals surface area contributed by atoms with Gasteiger partial charge in [0.15, 0.2) is 17.1 Å². The molecule has 0 atom stereocenters. The molecule has 3 rings (SSSR count). The highest BCUT2D eigenvalue weighted by Gasteiger charge is 2.14. The Morgan fingerprint density at radius 3 is 2.65 bits per heavy atom. The predicted molar refractivity (Wildman–Crippen MR) is 113 cm³/mol. The Balaban J connectivity index is 1.49. The van der Waals surface area contributed by atoms with Crippen molar-refractivity contribution in [3.05, 3.63) is 62.6 Å². The van der Waals surface area contributed by atoms with Crippen LogP contribution >= 0.6 is 0 Å². The number of methoxy groups -OCH3 is 2. The molecular weight excluding hydrogens is 406 g/mol. The highest BCUT2D eigenvalue weighted by molar-refractivity contribution is 5.76. The third-order valence-corrected chi connectivity index (χ3v) is 4.83. The van der Waals surface area contributed by atoms with Gasteiger partial charge in [0.2, 0.25) is 5.91 Å². The summed E-state index contributed by atoms with van der Waals surface area (Å²) in [7, 11) is 3.14. The summed E-state index contributed by atoms with van der Waals surface area (Å²) < 4.78 is 16.9. The zero-order chi connectivity index (χ0) is 22.4. The molecule has 1 N–H and O–H groups in total. The Morgan fingerprint density at radius 1 is 1.16 bits per heavy atom. The summed E-state index contributed by atoms with van der Waals surface area (Å²) in [5.41, 5.74) is 1.47. The Morgan fingerprint density at radius 2 is 1.94 bits per heavy atom. The van der Waals surface area contributed by atoms with E-state index in [-0.39, 0.29) is 30.1 Å². The van der Waals surface area contributed by atoms with Crippen LogP contribution in [0.3, 0.4) is 0 Å². The van der Waals surface area contributed by atoms with E-state index in [0.717, 1.165) is 5.56 Å². The van der Waals surface area contributed by atoms with Crippen LogP contribution in [0, 0.1) is 10.1 Å². The first-order valence-electron chi connectivity index (χ1n) is 9.68. The molecule has 0 unspecified atom stereocenters. The summed E-state index contributed by atoms with van der Waals surface area (Å²) in [5, 5.41) is 13.7. The minimum Gasteiger partial charge on any atom is -0.493 e. The van der Waals surface area contributed by atoms with Crippen LogP contribution in [0.2, 0.25) is 0 Å². The summed E-state index contributed by atoms with van der Waals surface area (Å²) in [6.45, 7) is 0.735. The topological polar surface area (TPSA) is 126 Å². The maximum Gasteiger partial charge on any atom is 0.419 e. The van der Waals surface area contributed by atoms with E-state index >= 15 is 0 Å². The van der Waals surface area contributed by atoms with Crippen LogP contribution in [-0.4, -0.2) is 36.2 Å². The standard InChI is InChI=1S/C21H23N3O7/c1-29-17-8-5-14(12-19(17)30-2)9-10-22-20(25)4-3-11-23-16-7-6-15(24(27)28)13-18(16)31-21(23)26/h5-8,12-13H,3-4,9-11H2,1-2H3,(H,22,25). The number of nitro benzene ring substituents is 1. The molecule has 0 saturated heterocycles. The number of oxazole rings is 1. The molecule has 31 heavy (non-hydrogen) atoms. The van der Waals surface area contributed by atoms with Gasteiger partial charge in [0, 0.05) is 25.6 Å². The van der Waals surface area contributed by atoms with Gasteiger partial charge in [0.1, 0.15) is 0 Å². The maximum absolute atomic E-state index is 12.1. The lowest BCUT2D eigenvalue weighted by molar-refractivity contribution is -0.384. The van der Waals surface area contributed by atoms with Crippen LogP contribution in [0.4, 0.5) is 5.69 Å². The van der Waals surface area contributed by atoms with Gasteiger partial charge in [0.25, 0.3) is 5.69 Å². The largest absolute Gasteiger partial charge is 0.493 e. The molecule has 3 aromatic rings. The SMILES string of the molecule is COc1ccc(CCNC(=O)CCCn2c(=O)oc3cc([N+](=O)[O-])ccc32)cc1OC. The number of carbonyl (C=O) groups is 1. The number of fused-ring (bicyclic) bond motifs is 1. The number of nitro groups is 1. The van der Waals surface area contributed by atoms with E-state index in [1.807, 2.05) is 18.2 Å². The van der Waals surface area contributed by atoms with Crippen molar-refractivity contribution in [2.24, 2.45) is 0 Å². The Labute approximate surface area is 177 Å². The third kappa shape index (κ3) is 5.21. The number of nitrogens with zero attached hydrogens (tertiary/aromatic N) is 2. The second-order valence-corrected chi connectivity index (χ2v) is 6.82. The van der Waals surface area contributed by atoms with Crippen LogP contribution in [-0.2, 0) is 17.8 Å². The zero-order valence-electron chi connectivity index (χ0n) is 17.3. The second-order valence-electron chi connectivity index (χ2n) is 6.82. The summed E-state index contributed by atoms with van der Waals surface area (Å²) in [5.74, 6) is 0.544. The van der Waals surface area contributed by atoms with Gasteiger partial charge in [-0.2, -0.15) is 0 Å². The van der Waals surface area contributed by atoms with E-state index in [2.05, 4.69) is 5.32 Å². The lowest BCUT2D eigenvalue weighted by Gasteiger charge is -2.10. The van der Waals surface area contributed by atoms with Crippen molar-refractivity contribution < 1.29 is 23.6 Å². The minimum absolute atomic E-state index is 0.128. The minimum atomic E-state index is -0.607. The highest BCUT2D eigenvalue weighted by Crippen LogP contribution is 2.27. The fraction of sp³-hybridized carbons (Fsp3) is 0.333. The van der Waals surface area contributed by atoms with Gasteiger partial charge >= 0.3 is 5.76 Å². The smallest absolute Gasteiger partial charge is 0.419 e. The third-order valence-electron chi connectivity index (χ3n) is 4.83. The first-order chi connectivity index (χ1) is 14.9. The summed E-state index contributed by atoms with van der Waals surface area (Å²) >= 11 is 0. The number of aryl methyl sites for hydroxylation is 1. The number of rotatable bonds is 10. The molecule has 0 saturated carbocycles. The Bertz CT molecular complexity index is 1150. The first-order valence-corrected chi connectivity index (χ1v) is 9.68. The molecular formula is C21H23N3O7. The number of hydrogen-bond acceptors (Lipinski definition) is 7. The first kappa shape index (κ1) is 21.9. The molecule has 10 heteroatoms. The van der Waals surface area contributed by atoms with Gasteiger partial charge in [-0.1, -0.05) is 6.07 Å². The number of hydrogen-bond donors (Lipinski definition) is 1. The number of aromatic nitrogens is 1. The van der Waals surface area contributed by atoms with Crippen LogP contribution in [0.1, 0.15) is 18.4 Å². The van der Waals surface area contributed by atoms with Crippen LogP contribution in [0.5, 0.6) is 11.5 Å². The molecule has 10 nitrogen and oxygen atoms in total. The van der Waals surface area contributed by atoms with Gasteiger partial charge in [-0.15, -0.1) is 0 Å². The van der Waals surface area contributed by atoms with Gasteiger partial charge in [-0.05, 0) is 36.6 Å². The molecule has 0 spiro atoms. The summed E-state index contributed by atoms with van der Waals surface area (Å²) in [4.78, 5) is 34.4. The van der Waals surface area contributed by atoms with E-state index < -0.39 is 10.7 Å². The molecule has 0 aliphatic carbocycles. The van der Waals surface area contributed by atoms with E-state index in [1.54, 1.807) is 14.2 Å². The van der Waals surface area contributed by atoms with E-state index in [4.69, 9.17) is 13.9 Å². The van der Waals surface area contributed by atoms with E-state index in [1.165, 1.54) is 22.8 Å². The van der Waals surface area contributed by atoms with Crippen molar-refractivity contribution in [3.63, 3.8) is 0 Å². The Kier molecular flexibility index (Phi) is 6.91. The number of carbonyl (C=O) groups excluding carboxylic acids is 1. The molecule has 1 amide bonds. The fourth-order valence-electron chi connectivity index (χ4n) is 3.25. The normalized spacial score (nSPS) is 10.8. The monoisotopic (exact) mass is 429 g/mol. The number of benzene rings is 2. The van der Waals surface area contributed by atoms with Crippen LogP contribution in [0.15, 0.2) is 45.6 Å². The van der Waals surface area contributed by atoms with Crippen molar-refractivity contribution in [1.29, 1.82) is 0 Å². The second kappa shape index (κ2) is 9.79. The molecule has 1 heterocycles. The fourth-order valence-corrected chi connectivity index (χ4v) is 3.25. The van der Waals surface area contributed by atoms with Crippen molar-refractivity contribution in [3.8, 4) is 11.5 Å². The molecule has 164 valence electrons. The van der Waals surface area contributed by atoms with Gasteiger partial charge in [-0.3, -0.25) is 19.5 Å². The molecule has 0 radical (unpaired) electrons. The molecule has 2 aromatic carbocycles. The average Bonchev–Trinajstić information content (AvgIpc) is 3.07. The van der Waals surface area contributed by atoms with E-state index in [0.29, 0.717) is 36.4 Å². The number of ether oxygens (including phenoxy) is 2. The number of nitrogens with one attached hydrogen (secondary N) is 1. The van der Waals surface area contributed by atoms with Crippen LogP contribution < -0.4 is 20.5 Å². The van der Waals surface area contributed by atoms with Crippen molar-refractivity contribution >= 4 is 22.7 Å². The maximum atomic E-state index is 12.1. The molecule has 0 aliphatic rings. The molecule has 1 aromatic heterocycles. The molecule has 0 aliphatic heterocycles. The predicted octanol–water partition coefficient (Wildman–Crippen LogP) is 2.66. The quantitative estimate of drug-likeness (QED) is 0.388. The molecule has 0 fully saturated rings. The van der Waals surface area contributed by atoms with Gasteiger partial charge in [-0.25, -0.2) is 4.79 Å².